The molecule has 1 unspecified atom stereocenters. The van der Waals surface area contributed by atoms with Crippen LogP contribution in [0.15, 0.2) is 22.6 Å². The Morgan fingerprint density at radius 2 is 2.47 bits per heavy atom. The summed E-state index contributed by atoms with van der Waals surface area (Å²) in [5, 5.41) is 13.6. The van der Waals surface area contributed by atoms with Gasteiger partial charge in [0, 0.05) is 31.4 Å². The van der Waals surface area contributed by atoms with E-state index >= 15 is 0 Å². The van der Waals surface area contributed by atoms with Gasteiger partial charge in [0.05, 0.1) is 12.7 Å². The summed E-state index contributed by atoms with van der Waals surface area (Å²) in [6.07, 6.45) is 1.99. The van der Waals surface area contributed by atoms with Gasteiger partial charge in [-0.2, -0.15) is 0 Å². The molecule has 2 aromatic rings. The number of aliphatic hydroxyl groups excluding tert-OH is 1. The zero-order valence-electron chi connectivity index (χ0n) is 10.2. The average molecular weight is 283 g/mol. The fourth-order valence-corrected chi connectivity index (χ4v) is 2.21. The zero-order chi connectivity index (χ0) is 13.8. The average Bonchev–Trinajstić information content (AvgIpc) is 2.86. The van der Waals surface area contributed by atoms with Crippen LogP contribution >= 0.6 is 11.3 Å². The van der Waals surface area contributed by atoms with Crippen LogP contribution in [0.25, 0.3) is 4.96 Å². The van der Waals surface area contributed by atoms with Crippen molar-refractivity contribution < 1.29 is 14.6 Å². The molecule has 2 N–H and O–H groups in total. The van der Waals surface area contributed by atoms with E-state index in [-0.39, 0.29) is 18.7 Å². The summed E-state index contributed by atoms with van der Waals surface area (Å²) in [4.78, 5) is 28.4. The van der Waals surface area contributed by atoms with Crippen LogP contribution in [0.1, 0.15) is 10.4 Å². The topological polar surface area (TPSA) is 92.9 Å². The van der Waals surface area contributed by atoms with Gasteiger partial charge in [-0.05, 0) is 0 Å². The molecule has 2 aromatic heterocycles. The minimum Gasteiger partial charge on any atom is -0.389 e. The summed E-state index contributed by atoms with van der Waals surface area (Å²) in [5.41, 5.74) is -0.481. The van der Waals surface area contributed by atoms with Crippen LogP contribution in [0, 0.1) is 0 Å². The summed E-state index contributed by atoms with van der Waals surface area (Å²) in [6, 6.07) is 0. The predicted octanol–water partition coefficient (Wildman–Crippen LogP) is -0.507. The molecule has 1 atom stereocenters. The van der Waals surface area contributed by atoms with Crippen LogP contribution in [0.5, 0.6) is 0 Å². The van der Waals surface area contributed by atoms with Crippen molar-refractivity contribution in [1.29, 1.82) is 0 Å². The Morgan fingerprint density at radius 1 is 1.68 bits per heavy atom. The molecular weight excluding hydrogens is 270 g/mol. The molecule has 0 bridgehead atoms. The number of carbonyl (C=O) groups is 1. The number of aliphatic hydroxyl groups is 1. The number of rotatable bonds is 5. The van der Waals surface area contributed by atoms with E-state index in [4.69, 9.17) is 4.74 Å². The molecule has 0 radical (unpaired) electrons. The number of aromatic nitrogens is 2. The third-order valence-electron chi connectivity index (χ3n) is 2.44. The summed E-state index contributed by atoms with van der Waals surface area (Å²) in [6.45, 7) is 0.125. The summed E-state index contributed by atoms with van der Waals surface area (Å²) < 4.78 is 6.05. The fraction of sp³-hybridized carbons (Fsp3) is 0.364. The summed E-state index contributed by atoms with van der Waals surface area (Å²) in [7, 11) is 1.45. The molecular formula is C11H13N3O4S. The first kappa shape index (κ1) is 13.7. The largest absolute Gasteiger partial charge is 0.389 e. The number of hydrogen-bond acceptors (Lipinski definition) is 6. The van der Waals surface area contributed by atoms with Gasteiger partial charge >= 0.3 is 0 Å². The number of ether oxygens (including phenoxy) is 1. The van der Waals surface area contributed by atoms with E-state index in [1.807, 2.05) is 0 Å². The lowest BCUT2D eigenvalue weighted by Crippen LogP contribution is -2.37. The highest BCUT2D eigenvalue weighted by Crippen LogP contribution is 2.05. The van der Waals surface area contributed by atoms with E-state index in [1.165, 1.54) is 29.0 Å². The van der Waals surface area contributed by atoms with Crippen LogP contribution < -0.4 is 10.9 Å². The molecule has 0 aromatic carbocycles. The summed E-state index contributed by atoms with van der Waals surface area (Å²) >= 11 is 1.31. The summed E-state index contributed by atoms with van der Waals surface area (Å²) in [5.74, 6) is -0.562. The second-order valence-electron chi connectivity index (χ2n) is 3.85. The Bertz CT molecular complexity index is 636. The highest BCUT2D eigenvalue weighted by Gasteiger charge is 2.14. The van der Waals surface area contributed by atoms with Crippen molar-refractivity contribution in [2.75, 3.05) is 20.3 Å². The Morgan fingerprint density at radius 3 is 3.21 bits per heavy atom. The van der Waals surface area contributed by atoms with Crippen molar-refractivity contribution in [2.45, 2.75) is 6.10 Å². The number of nitrogens with one attached hydrogen (secondary N) is 1. The van der Waals surface area contributed by atoms with Crippen LogP contribution in [-0.2, 0) is 4.74 Å². The van der Waals surface area contributed by atoms with Gasteiger partial charge in [0.1, 0.15) is 5.56 Å². The maximum Gasteiger partial charge on any atom is 0.271 e. The number of amides is 1. The quantitative estimate of drug-likeness (QED) is 0.771. The maximum absolute atomic E-state index is 12.0. The Balaban J connectivity index is 2.13. The number of methoxy groups -OCH3 is 1. The van der Waals surface area contributed by atoms with Gasteiger partial charge in [-0.15, -0.1) is 11.3 Å². The van der Waals surface area contributed by atoms with Gasteiger partial charge in [-0.25, -0.2) is 4.98 Å². The standard InChI is InChI=1S/C11H13N3O4S/c1-18-6-7(15)4-12-9(16)8-5-13-11-14(10(8)17)2-3-19-11/h2-3,5,7,15H,4,6H2,1H3,(H,12,16). The second kappa shape index (κ2) is 5.91. The molecule has 0 aliphatic rings. The van der Waals surface area contributed by atoms with Gasteiger partial charge in [-0.1, -0.05) is 0 Å². The van der Waals surface area contributed by atoms with E-state index in [9.17, 15) is 14.7 Å². The molecule has 0 fully saturated rings. The van der Waals surface area contributed by atoms with Crippen LogP contribution in [0.3, 0.4) is 0 Å². The highest BCUT2D eigenvalue weighted by atomic mass is 32.1. The van der Waals surface area contributed by atoms with E-state index in [0.29, 0.717) is 4.96 Å². The first-order valence-corrected chi connectivity index (χ1v) is 6.41. The lowest BCUT2D eigenvalue weighted by molar-refractivity contribution is 0.0609. The fourth-order valence-electron chi connectivity index (χ4n) is 1.54. The first-order chi connectivity index (χ1) is 9.13. The van der Waals surface area contributed by atoms with Crippen molar-refractivity contribution in [3.8, 4) is 0 Å². The number of nitrogens with zero attached hydrogens (tertiary/aromatic N) is 2. The van der Waals surface area contributed by atoms with Gasteiger partial charge in [0.2, 0.25) is 0 Å². The van der Waals surface area contributed by atoms with E-state index in [1.54, 1.807) is 11.6 Å². The molecule has 7 nitrogen and oxygen atoms in total. The lowest BCUT2D eigenvalue weighted by Gasteiger charge is -2.10. The minimum absolute atomic E-state index is 0.0124. The third-order valence-corrected chi connectivity index (χ3v) is 3.22. The Hall–Kier alpha value is -1.77. The Labute approximate surface area is 112 Å². The number of thiazole rings is 1. The number of hydrogen-bond donors (Lipinski definition) is 2. The molecule has 102 valence electrons. The van der Waals surface area contributed by atoms with Crippen molar-refractivity contribution >= 4 is 22.2 Å². The van der Waals surface area contributed by atoms with Crippen molar-refractivity contribution in [1.82, 2.24) is 14.7 Å². The molecule has 0 aliphatic heterocycles. The number of carbonyl (C=O) groups excluding carboxylic acids is 1. The van der Waals surface area contributed by atoms with E-state index in [0.717, 1.165) is 0 Å². The first-order valence-electron chi connectivity index (χ1n) is 5.53. The molecule has 2 heterocycles. The van der Waals surface area contributed by atoms with Gasteiger partial charge in [-0.3, -0.25) is 14.0 Å². The predicted molar refractivity (Wildman–Crippen MR) is 69.6 cm³/mol. The molecule has 0 saturated heterocycles. The van der Waals surface area contributed by atoms with Crippen molar-refractivity contribution in [3.63, 3.8) is 0 Å². The third kappa shape index (κ3) is 2.98. The van der Waals surface area contributed by atoms with E-state index in [2.05, 4.69) is 10.3 Å². The van der Waals surface area contributed by atoms with E-state index < -0.39 is 17.6 Å². The minimum atomic E-state index is -0.811. The highest BCUT2D eigenvalue weighted by molar-refractivity contribution is 7.15. The Kier molecular flexibility index (Phi) is 4.25. The molecule has 0 saturated carbocycles. The molecule has 2 rings (SSSR count). The second-order valence-corrected chi connectivity index (χ2v) is 4.72. The van der Waals surface area contributed by atoms with Gasteiger partial charge < -0.3 is 15.2 Å². The molecule has 19 heavy (non-hydrogen) atoms. The van der Waals surface area contributed by atoms with Gasteiger partial charge in [0.25, 0.3) is 11.5 Å². The smallest absolute Gasteiger partial charge is 0.271 e. The molecule has 0 aliphatic carbocycles. The van der Waals surface area contributed by atoms with Crippen LogP contribution in [-0.4, -0.2) is 46.8 Å². The zero-order valence-corrected chi connectivity index (χ0v) is 11.0. The van der Waals surface area contributed by atoms with Gasteiger partial charge in [0.15, 0.2) is 4.96 Å². The van der Waals surface area contributed by atoms with Crippen LogP contribution in [0.4, 0.5) is 0 Å². The monoisotopic (exact) mass is 283 g/mol. The molecule has 0 spiro atoms. The maximum atomic E-state index is 12.0. The SMILES string of the molecule is COCC(O)CNC(=O)c1cnc2sccn2c1=O. The van der Waals surface area contributed by atoms with Crippen molar-refractivity contribution in [3.05, 3.63) is 33.7 Å². The normalized spacial score (nSPS) is 12.5. The van der Waals surface area contributed by atoms with Crippen molar-refractivity contribution in [2.24, 2.45) is 0 Å². The molecule has 8 heteroatoms. The lowest BCUT2D eigenvalue weighted by atomic mass is 10.3. The molecule has 1 amide bonds. The number of fused-ring (bicyclic) bond motifs is 1. The van der Waals surface area contributed by atoms with Crippen LogP contribution in [0.2, 0.25) is 0 Å².